The summed E-state index contributed by atoms with van der Waals surface area (Å²) in [6.07, 6.45) is 4.32. The predicted octanol–water partition coefficient (Wildman–Crippen LogP) is 0.326. The van der Waals surface area contributed by atoms with E-state index in [1.54, 1.807) is 4.90 Å². The molecule has 19 heavy (non-hydrogen) atoms. The quantitative estimate of drug-likeness (QED) is 0.820. The third-order valence-electron chi connectivity index (χ3n) is 3.24. The first kappa shape index (κ1) is 13.5. The molecule has 2 N–H and O–H groups in total. The minimum absolute atomic E-state index is 0.0995. The van der Waals surface area contributed by atoms with Crippen LogP contribution in [0.1, 0.15) is 43.2 Å². The number of nitrogens with zero attached hydrogens (tertiary/aromatic N) is 3. The molecular formula is C12H19N5O2. The molecule has 0 spiro atoms. The smallest absolute Gasteiger partial charge is 0.291 e. The molecule has 0 saturated carbocycles. The Kier molecular flexibility index (Phi) is 4.48. The molecule has 1 fully saturated rings. The topological polar surface area (TPSA) is 91.0 Å². The minimum Gasteiger partial charge on any atom is -0.353 e. The van der Waals surface area contributed by atoms with Gasteiger partial charge in [0.25, 0.3) is 5.91 Å². The van der Waals surface area contributed by atoms with Gasteiger partial charge in [-0.1, -0.05) is 6.92 Å². The lowest BCUT2D eigenvalue weighted by molar-refractivity contribution is -0.122. The van der Waals surface area contributed by atoms with E-state index in [1.165, 1.54) is 6.33 Å². The summed E-state index contributed by atoms with van der Waals surface area (Å²) in [4.78, 5) is 29.1. The van der Waals surface area contributed by atoms with Gasteiger partial charge in [0.05, 0.1) is 0 Å². The van der Waals surface area contributed by atoms with E-state index in [1.807, 2.05) is 6.92 Å². The van der Waals surface area contributed by atoms with E-state index in [0.29, 0.717) is 19.5 Å². The number of aromatic nitrogens is 3. The van der Waals surface area contributed by atoms with Crippen molar-refractivity contribution in [1.29, 1.82) is 0 Å². The SMILES string of the molecule is CCCC(=O)NC1CCN(C(=O)c2ncn[nH]2)CC1. The summed E-state index contributed by atoms with van der Waals surface area (Å²) in [5.74, 6) is 0.242. The average molecular weight is 265 g/mol. The average Bonchev–Trinajstić information content (AvgIpc) is 2.93. The highest BCUT2D eigenvalue weighted by atomic mass is 16.2. The molecule has 0 atom stereocenters. The first-order valence-corrected chi connectivity index (χ1v) is 6.64. The first-order chi connectivity index (χ1) is 9.20. The van der Waals surface area contributed by atoms with Crippen molar-refractivity contribution in [2.45, 2.75) is 38.6 Å². The number of H-pyrrole nitrogens is 1. The number of likely N-dealkylation sites (tertiary alicyclic amines) is 1. The number of nitrogens with one attached hydrogen (secondary N) is 2. The Morgan fingerprint density at radius 2 is 2.21 bits per heavy atom. The van der Waals surface area contributed by atoms with Gasteiger partial charge in [-0.3, -0.25) is 14.7 Å². The molecule has 1 saturated heterocycles. The van der Waals surface area contributed by atoms with Gasteiger partial charge in [0.1, 0.15) is 6.33 Å². The fourth-order valence-electron chi connectivity index (χ4n) is 2.21. The van der Waals surface area contributed by atoms with E-state index in [4.69, 9.17) is 0 Å². The molecule has 1 aromatic heterocycles. The van der Waals surface area contributed by atoms with Crippen LogP contribution in [0, 0.1) is 0 Å². The molecule has 0 unspecified atom stereocenters. The first-order valence-electron chi connectivity index (χ1n) is 6.64. The minimum atomic E-state index is -0.129. The Bertz CT molecular complexity index is 423. The van der Waals surface area contributed by atoms with Gasteiger partial charge in [-0.15, -0.1) is 0 Å². The predicted molar refractivity (Wildman–Crippen MR) is 68.4 cm³/mol. The highest BCUT2D eigenvalue weighted by molar-refractivity contribution is 5.90. The van der Waals surface area contributed by atoms with Gasteiger partial charge in [-0.2, -0.15) is 5.10 Å². The van der Waals surface area contributed by atoms with Gasteiger partial charge in [-0.25, -0.2) is 4.98 Å². The van der Waals surface area contributed by atoms with Crippen LogP contribution in [0.5, 0.6) is 0 Å². The van der Waals surface area contributed by atoms with Crippen molar-refractivity contribution in [1.82, 2.24) is 25.4 Å². The summed E-state index contributed by atoms with van der Waals surface area (Å²) in [5, 5.41) is 9.25. The molecule has 7 nitrogen and oxygen atoms in total. The van der Waals surface area contributed by atoms with Crippen molar-refractivity contribution in [3.63, 3.8) is 0 Å². The van der Waals surface area contributed by atoms with Gasteiger partial charge in [0, 0.05) is 25.6 Å². The zero-order valence-electron chi connectivity index (χ0n) is 11.1. The fourth-order valence-corrected chi connectivity index (χ4v) is 2.21. The van der Waals surface area contributed by atoms with Crippen LogP contribution in [-0.4, -0.2) is 51.0 Å². The van der Waals surface area contributed by atoms with Crippen molar-refractivity contribution in [2.75, 3.05) is 13.1 Å². The van der Waals surface area contributed by atoms with Gasteiger partial charge in [-0.05, 0) is 19.3 Å². The number of rotatable bonds is 4. The van der Waals surface area contributed by atoms with E-state index >= 15 is 0 Å². The maximum absolute atomic E-state index is 12.0. The fraction of sp³-hybridized carbons (Fsp3) is 0.667. The van der Waals surface area contributed by atoms with Crippen LogP contribution in [0.15, 0.2) is 6.33 Å². The number of amides is 2. The molecule has 104 valence electrons. The lowest BCUT2D eigenvalue weighted by Gasteiger charge is -2.31. The van der Waals surface area contributed by atoms with E-state index in [9.17, 15) is 9.59 Å². The molecule has 0 bridgehead atoms. The lowest BCUT2D eigenvalue weighted by Crippen LogP contribution is -2.46. The molecular weight excluding hydrogens is 246 g/mol. The highest BCUT2D eigenvalue weighted by Crippen LogP contribution is 2.12. The number of piperidine rings is 1. The monoisotopic (exact) mass is 265 g/mol. The summed E-state index contributed by atoms with van der Waals surface area (Å²) in [5.41, 5.74) is 0. The van der Waals surface area contributed by atoms with Crippen molar-refractivity contribution in [3.05, 3.63) is 12.2 Å². The van der Waals surface area contributed by atoms with Crippen LogP contribution in [0.2, 0.25) is 0 Å². The van der Waals surface area contributed by atoms with E-state index < -0.39 is 0 Å². The van der Waals surface area contributed by atoms with Gasteiger partial charge >= 0.3 is 0 Å². The van der Waals surface area contributed by atoms with Crippen LogP contribution in [0.3, 0.4) is 0 Å². The Balaban J connectivity index is 1.79. The summed E-state index contributed by atoms with van der Waals surface area (Å²) in [6, 6.07) is 0.179. The van der Waals surface area contributed by atoms with E-state index in [-0.39, 0.29) is 23.7 Å². The van der Waals surface area contributed by atoms with Gasteiger partial charge in [0.15, 0.2) is 0 Å². The molecule has 0 aromatic carbocycles. The summed E-state index contributed by atoms with van der Waals surface area (Å²) in [7, 11) is 0. The summed E-state index contributed by atoms with van der Waals surface area (Å²) < 4.78 is 0. The van der Waals surface area contributed by atoms with Gasteiger partial charge < -0.3 is 10.2 Å². The number of aromatic amines is 1. The highest BCUT2D eigenvalue weighted by Gasteiger charge is 2.25. The van der Waals surface area contributed by atoms with Crippen LogP contribution < -0.4 is 5.32 Å². The van der Waals surface area contributed by atoms with E-state index in [0.717, 1.165) is 19.3 Å². The molecule has 1 aliphatic heterocycles. The van der Waals surface area contributed by atoms with Crippen molar-refractivity contribution < 1.29 is 9.59 Å². The van der Waals surface area contributed by atoms with Crippen LogP contribution in [0.4, 0.5) is 0 Å². The molecule has 7 heteroatoms. The zero-order chi connectivity index (χ0) is 13.7. The normalized spacial score (nSPS) is 16.4. The van der Waals surface area contributed by atoms with Crippen molar-refractivity contribution in [2.24, 2.45) is 0 Å². The summed E-state index contributed by atoms with van der Waals surface area (Å²) in [6.45, 7) is 3.26. The maximum Gasteiger partial charge on any atom is 0.291 e. The Labute approximate surface area is 111 Å². The standard InChI is InChI=1S/C12H19N5O2/c1-2-3-10(18)15-9-4-6-17(7-5-9)12(19)11-13-8-14-16-11/h8-9H,2-7H2,1H3,(H,15,18)(H,13,14,16). The van der Waals surface area contributed by atoms with Crippen molar-refractivity contribution in [3.8, 4) is 0 Å². The van der Waals surface area contributed by atoms with E-state index in [2.05, 4.69) is 20.5 Å². The third-order valence-corrected chi connectivity index (χ3v) is 3.24. The molecule has 2 rings (SSSR count). The number of hydrogen-bond acceptors (Lipinski definition) is 4. The molecule has 0 aliphatic carbocycles. The van der Waals surface area contributed by atoms with Crippen molar-refractivity contribution >= 4 is 11.8 Å². The van der Waals surface area contributed by atoms with Crippen LogP contribution in [-0.2, 0) is 4.79 Å². The molecule has 0 radical (unpaired) electrons. The molecule has 2 heterocycles. The van der Waals surface area contributed by atoms with Crippen LogP contribution >= 0.6 is 0 Å². The molecule has 1 aromatic rings. The second-order valence-corrected chi connectivity index (χ2v) is 4.72. The Morgan fingerprint density at radius 3 is 2.79 bits per heavy atom. The number of carbonyl (C=O) groups excluding carboxylic acids is 2. The number of carbonyl (C=O) groups is 2. The third kappa shape index (κ3) is 3.52. The largest absolute Gasteiger partial charge is 0.353 e. The van der Waals surface area contributed by atoms with Gasteiger partial charge in [0.2, 0.25) is 11.7 Å². The molecule has 2 amide bonds. The van der Waals surface area contributed by atoms with Crippen LogP contribution in [0.25, 0.3) is 0 Å². The Hall–Kier alpha value is -1.92. The number of hydrogen-bond donors (Lipinski definition) is 2. The second-order valence-electron chi connectivity index (χ2n) is 4.72. The molecule has 1 aliphatic rings. The maximum atomic E-state index is 12.0. The second kappa shape index (κ2) is 6.31. The lowest BCUT2D eigenvalue weighted by atomic mass is 10.0. The Morgan fingerprint density at radius 1 is 1.47 bits per heavy atom. The zero-order valence-corrected chi connectivity index (χ0v) is 11.1. The summed E-state index contributed by atoms with van der Waals surface area (Å²) >= 11 is 0.